The molecule has 1 atom stereocenters. The maximum Gasteiger partial charge on any atom is 0.0908 e. The van der Waals surface area contributed by atoms with Crippen LogP contribution in [0.25, 0.3) is 0 Å². The van der Waals surface area contributed by atoms with Gasteiger partial charge in [0.2, 0.25) is 0 Å². The van der Waals surface area contributed by atoms with Crippen LogP contribution in [0.3, 0.4) is 0 Å². The number of rotatable bonds is 0. The molecule has 1 heterocycles. The van der Waals surface area contributed by atoms with Crippen molar-refractivity contribution in [2.75, 3.05) is 11.5 Å². The Balaban J connectivity index is 2.09. The molecule has 1 aliphatic carbocycles. The van der Waals surface area contributed by atoms with Gasteiger partial charge in [0.25, 0.3) is 0 Å². The summed E-state index contributed by atoms with van der Waals surface area (Å²) in [5.41, 5.74) is 0. The van der Waals surface area contributed by atoms with E-state index < -0.39 is 10.8 Å². The van der Waals surface area contributed by atoms with Gasteiger partial charge in [-0.3, -0.25) is 4.21 Å². The van der Waals surface area contributed by atoms with Gasteiger partial charge in [0, 0.05) is 16.6 Å². The summed E-state index contributed by atoms with van der Waals surface area (Å²) in [4.78, 5) is 0. The van der Waals surface area contributed by atoms with Crippen LogP contribution in [0.1, 0.15) is 38.5 Å². The second kappa shape index (κ2) is 3.70. The second-order valence-corrected chi connectivity index (χ2v) is 7.34. The Labute approximate surface area is 81.1 Å². The minimum Gasteiger partial charge on any atom is -0.258 e. The van der Waals surface area contributed by atoms with E-state index in [9.17, 15) is 4.21 Å². The molecule has 1 saturated carbocycles. The first-order valence-corrected chi connectivity index (χ1v) is 7.16. The molecule has 2 rings (SSSR count). The molecule has 1 saturated heterocycles. The Morgan fingerprint density at radius 2 is 1.83 bits per heavy atom. The van der Waals surface area contributed by atoms with E-state index in [0.29, 0.717) is 0 Å². The Bertz CT molecular complexity index is 177. The molecule has 0 amide bonds. The van der Waals surface area contributed by atoms with Gasteiger partial charge in [0.1, 0.15) is 0 Å². The highest BCUT2D eigenvalue weighted by molar-refractivity contribution is 8.13. The minimum atomic E-state index is -0.522. The predicted octanol–water partition coefficient (Wildman–Crippen LogP) is 2.53. The van der Waals surface area contributed by atoms with E-state index in [2.05, 4.69) is 0 Å². The lowest BCUT2D eigenvalue weighted by molar-refractivity contribution is 0.477. The third-order valence-electron chi connectivity index (χ3n) is 2.87. The summed E-state index contributed by atoms with van der Waals surface area (Å²) in [7, 11) is -0.522. The molecular weight excluding hydrogens is 188 g/mol. The normalized spacial score (nSPS) is 35.2. The molecule has 0 bridgehead atoms. The number of hydrogen-bond acceptors (Lipinski definition) is 2. The predicted molar refractivity (Wildman–Crippen MR) is 55.9 cm³/mol. The maximum atomic E-state index is 11.9. The van der Waals surface area contributed by atoms with E-state index in [4.69, 9.17) is 0 Å². The molecule has 2 aliphatic rings. The Hall–Kier alpha value is 0.500. The monoisotopic (exact) mass is 204 g/mol. The lowest BCUT2D eigenvalue weighted by Gasteiger charge is -2.38. The third kappa shape index (κ3) is 1.58. The van der Waals surface area contributed by atoms with Crippen LogP contribution < -0.4 is 0 Å². The lowest BCUT2D eigenvalue weighted by atomic mass is 10.00. The highest BCUT2D eigenvalue weighted by Crippen LogP contribution is 2.45. The topological polar surface area (TPSA) is 17.1 Å². The van der Waals surface area contributed by atoms with Gasteiger partial charge in [-0.25, -0.2) is 0 Å². The summed E-state index contributed by atoms with van der Waals surface area (Å²) in [5.74, 6) is 2.21. The molecule has 0 aromatic heterocycles. The minimum absolute atomic E-state index is 0.205. The van der Waals surface area contributed by atoms with Gasteiger partial charge in [-0.15, -0.1) is 11.8 Å². The van der Waals surface area contributed by atoms with Crippen LogP contribution in [-0.2, 0) is 10.8 Å². The first kappa shape index (κ1) is 9.07. The smallest absolute Gasteiger partial charge is 0.0908 e. The van der Waals surface area contributed by atoms with E-state index in [1.54, 1.807) is 0 Å². The van der Waals surface area contributed by atoms with Gasteiger partial charge in [0.05, 0.1) is 4.08 Å². The molecule has 70 valence electrons. The average Bonchev–Trinajstić information content (AvgIpc) is 2.12. The van der Waals surface area contributed by atoms with E-state index in [1.807, 2.05) is 11.8 Å². The van der Waals surface area contributed by atoms with Crippen LogP contribution in [0.2, 0.25) is 0 Å². The fourth-order valence-corrected chi connectivity index (χ4v) is 6.13. The molecule has 3 heteroatoms. The Morgan fingerprint density at radius 3 is 2.50 bits per heavy atom. The van der Waals surface area contributed by atoms with Gasteiger partial charge < -0.3 is 0 Å². The first-order valence-electron chi connectivity index (χ1n) is 4.86. The molecule has 0 aromatic rings. The van der Waals surface area contributed by atoms with Crippen molar-refractivity contribution < 1.29 is 4.21 Å². The van der Waals surface area contributed by atoms with Crippen molar-refractivity contribution in [3.63, 3.8) is 0 Å². The van der Waals surface area contributed by atoms with Gasteiger partial charge >= 0.3 is 0 Å². The van der Waals surface area contributed by atoms with Crippen molar-refractivity contribution in [1.82, 2.24) is 0 Å². The summed E-state index contributed by atoms with van der Waals surface area (Å²) < 4.78 is 12.1. The zero-order valence-corrected chi connectivity index (χ0v) is 9.01. The van der Waals surface area contributed by atoms with E-state index in [1.165, 1.54) is 44.3 Å². The van der Waals surface area contributed by atoms with Gasteiger partial charge in [-0.05, 0) is 25.0 Å². The van der Waals surface area contributed by atoms with Crippen molar-refractivity contribution in [3.05, 3.63) is 0 Å². The van der Waals surface area contributed by atoms with Crippen molar-refractivity contribution >= 4 is 22.6 Å². The summed E-state index contributed by atoms with van der Waals surface area (Å²) in [6, 6.07) is 0. The van der Waals surface area contributed by atoms with Crippen molar-refractivity contribution in [2.45, 2.75) is 42.6 Å². The van der Waals surface area contributed by atoms with Crippen molar-refractivity contribution in [1.29, 1.82) is 0 Å². The summed E-state index contributed by atoms with van der Waals surface area (Å²) in [6.07, 6.45) is 7.56. The largest absolute Gasteiger partial charge is 0.258 e. The fraction of sp³-hybridized carbons (Fsp3) is 1.00. The highest BCUT2D eigenvalue weighted by atomic mass is 32.2. The zero-order chi connectivity index (χ0) is 8.44. The molecule has 1 aliphatic heterocycles. The van der Waals surface area contributed by atoms with Crippen LogP contribution in [0.5, 0.6) is 0 Å². The fourth-order valence-electron chi connectivity index (χ4n) is 2.16. The Kier molecular flexibility index (Phi) is 2.80. The van der Waals surface area contributed by atoms with Crippen molar-refractivity contribution in [2.24, 2.45) is 0 Å². The average molecular weight is 204 g/mol. The van der Waals surface area contributed by atoms with E-state index in [0.717, 1.165) is 5.75 Å². The van der Waals surface area contributed by atoms with Gasteiger partial charge in [-0.1, -0.05) is 19.3 Å². The summed E-state index contributed by atoms with van der Waals surface area (Å²) >= 11 is 1.99. The molecule has 12 heavy (non-hydrogen) atoms. The molecule has 0 N–H and O–H groups in total. The molecule has 0 aromatic carbocycles. The lowest BCUT2D eigenvalue weighted by Crippen LogP contribution is -2.37. The van der Waals surface area contributed by atoms with Crippen LogP contribution >= 0.6 is 11.8 Å². The highest BCUT2D eigenvalue weighted by Gasteiger charge is 2.40. The molecule has 0 radical (unpaired) electrons. The van der Waals surface area contributed by atoms with Gasteiger partial charge in [-0.2, -0.15) is 0 Å². The van der Waals surface area contributed by atoms with Crippen LogP contribution in [0.4, 0.5) is 0 Å². The second-order valence-electron chi connectivity index (χ2n) is 3.72. The Morgan fingerprint density at radius 1 is 1.08 bits per heavy atom. The molecular formula is C9H16OS2. The molecule has 1 unspecified atom stereocenters. The van der Waals surface area contributed by atoms with Crippen molar-refractivity contribution in [3.8, 4) is 0 Å². The molecule has 1 nitrogen and oxygen atoms in total. The van der Waals surface area contributed by atoms with E-state index >= 15 is 0 Å². The first-order chi connectivity index (χ1) is 5.83. The zero-order valence-electron chi connectivity index (χ0n) is 7.38. The quantitative estimate of drug-likeness (QED) is 0.603. The van der Waals surface area contributed by atoms with Crippen LogP contribution in [0, 0.1) is 0 Å². The molecule has 2 fully saturated rings. The van der Waals surface area contributed by atoms with E-state index in [-0.39, 0.29) is 4.08 Å². The standard InChI is InChI=1S/C9H16OS2/c10-12-8-4-7-11-9(12)5-2-1-3-6-9/h1-8H2. The maximum absolute atomic E-state index is 11.9. The number of thioether (sulfide) groups is 1. The van der Waals surface area contributed by atoms with Crippen LogP contribution in [-0.4, -0.2) is 19.8 Å². The summed E-state index contributed by atoms with van der Waals surface area (Å²) in [5, 5.41) is 0. The number of hydrogen-bond donors (Lipinski definition) is 0. The van der Waals surface area contributed by atoms with Crippen LogP contribution in [0.15, 0.2) is 0 Å². The van der Waals surface area contributed by atoms with Gasteiger partial charge in [0.15, 0.2) is 0 Å². The summed E-state index contributed by atoms with van der Waals surface area (Å²) in [6.45, 7) is 0. The third-order valence-corrected chi connectivity index (χ3v) is 7.11. The SMILES string of the molecule is O=S1CCCSC12CCCCC2. The molecule has 1 spiro atoms.